The average Bonchev–Trinajstić information content (AvgIpc) is 3.56. The number of aliphatic hydroxyl groups is 11. The molecule has 3 aliphatic heterocycles. The first-order valence-electron chi connectivity index (χ1n) is 31.2. The summed E-state index contributed by atoms with van der Waals surface area (Å²) in [5, 5.41) is 120. The molecule has 0 aliphatic carbocycles. The lowest BCUT2D eigenvalue weighted by Crippen LogP contribution is -2.66. The Morgan fingerprint density at radius 3 is 1.27 bits per heavy atom. The highest BCUT2D eigenvalue weighted by molar-refractivity contribution is 5.76. The zero-order chi connectivity index (χ0) is 58.3. The van der Waals surface area contributed by atoms with Crippen molar-refractivity contribution in [3.05, 3.63) is 36.5 Å². The van der Waals surface area contributed by atoms with Crippen LogP contribution in [0.3, 0.4) is 0 Å². The third-order valence-corrected chi connectivity index (χ3v) is 15.7. The van der Waals surface area contributed by atoms with Crippen LogP contribution in [0.15, 0.2) is 36.5 Å². The second-order valence-electron chi connectivity index (χ2n) is 22.5. The van der Waals surface area contributed by atoms with Gasteiger partial charge in [0.05, 0.1) is 38.6 Å². The molecule has 0 spiro atoms. The van der Waals surface area contributed by atoms with Crippen molar-refractivity contribution in [1.29, 1.82) is 0 Å². The maximum absolute atomic E-state index is 13.3. The molecule has 3 rings (SSSR count). The summed E-state index contributed by atoms with van der Waals surface area (Å²) in [7, 11) is 0. The van der Waals surface area contributed by atoms with Gasteiger partial charge in [-0.1, -0.05) is 185 Å². The summed E-state index contributed by atoms with van der Waals surface area (Å²) in [6.07, 6.45) is 21.4. The number of rotatable bonds is 46. The second kappa shape index (κ2) is 44.5. The first kappa shape index (κ1) is 72.3. The molecular formula is C61H111NO18. The van der Waals surface area contributed by atoms with Crippen LogP contribution in [0, 0.1) is 0 Å². The van der Waals surface area contributed by atoms with Crippen LogP contribution in [0.25, 0.3) is 0 Å². The number of carbonyl (C=O) groups excluding carboxylic acids is 1. The minimum Gasteiger partial charge on any atom is -0.394 e. The molecular weight excluding hydrogens is 1030 g/mol. The number of nitrogens with one attached hydrogen (secondary N) is 1. The Kier molecular flexibility index (Phi) is 40.2. The van der Waals surface area contributed by atoms with Crippen LogP contribution < -0.4 is 5.32 Å². The van der Waals surface area contributed by atoms with Gasteiger partial charge < -0.3 is 89.9 Å². The van der Waals surface area contributed by atoms with Gasteiger partial charge in [0.25, 0.3) is 0 Å². The summed E-state index contributed by atoms with van der Waals surface area (Å²) in [6, 6.07) is -0.992. The Morgan fingerprint density at radius 1 is 0.438 bits per heavy atom. The van der Waals surface area contributed by atoms with E-state index in [0.717, 1.165) is 57.8 Å². The summed E-state index contributed by atoms with van der Waals surface area (Å²) >= 11 is 0. The van der Waals surface area contributed by atoms with Gasteiger partial charge in [0.1, 0.15) is 73.2 Å². The molecule has 3 aliphatic rings. The highest BCUT2D eigenvalue weighted by atomic mass is 16.8. The van der Waals surface area contributed by atoms with E-state index in [-0.39, 0.29) is 18.9 Å². The summed E-state index contributed by atoms with van der Waals surface area (Å²) in [5.41, 5.74) is 0. The van der Waals surface area contributed by atoms with Gasteiger partial charge >= 0.3 is 0 Å². The van der Waals surface area contributed by atoms with Crippen molar-refractivity contribution in [2.24, 2.45) is 0 Å². The molecule has 17 unspecified atom stereocenters. The molecule has 1 amide bonds. The molecule has 0 saturated carbocycles. The Hall–Kier alpha value is -1.99. The van der Waals surface area contributed by atoms with E-state index in [2.05, 4.69) is 43.5 Å². The maximum atomic E-state index is 13.3. The quantitative estimate of drug-likeness (QED) is 0.0242. The first-order chi connectivity index (χ1) is 38.8. The van der Waals surface area contributed by atoms with Crippen molar-refractivity contribution in [2.45, 2.75) is 317 Å². The Labute approximate surface area is 479 Å². The van der Waals surface area contributed by atoms with E-state index in [9.17, 15) is 61.0 Å². The number of carbonyl (C=O) groups is 1. The summed E-state index contributed by atoms with van der Waals surface area (Å²) in [4.78, 5) is 13.3. The van der Waals surface area contributed by atoms with E-state index >= 15 is 0 Å². The zero-order valence-corrected chi connectivity index (χ0v) is 48.8. The summed E-state index contributed by atoms with van der Waals surface area (Å²) in [6.45, 7) is 1.67. The van der Waals surface area contributed by atoms with Gasteiger partial charge in [-0.3, -0.25) is 4.79 Å². The highest BCUT2D eigenvalue weighted by Crippen LogP contribution is 2.33. The molecule has 0 aromatic heterocycles. The molecule has 468 valence electrons. The van der Waals surface area contributed by atoms with Crippen molar-refractivity contribution in [1.82, 2.24) is 5.32 Å². The zero-order valence-electron chi connectivity index (χ0n) is 48.8. The third kappa shape index (κ3) is 27.8. The van der Waals surface area contributed by atoms with E-state index in [1.165, 1.54) is 122 Å². The lowest BCUT2D eigenvalue weighted by molar-refractivity contribution is -0.379. The van der Waals surface area contributed by atoms with E-state index in [1.807, 2.05) is 6.08 Å². The van der Waals surface area contributed by atoms with E-state index in [4.69, 9.17) is 28.4 Å². The minimum absolute atomic E-state index is 0.225. The van der Waals surface area contributed by atoms with Gasteiger partial charge in [-0.15, -0.1) is 0 Å². The molecule has 19 nitrogen and oxygen atoms in total. The number of allylic oxidation sites excluding steroid dienone is 5. The molecule has 3 saturated heterocycles. The van der Waals surface area contributed by atoms with Crippen LogP contribution >= 0.6 is 0 Å². The second-order valence-corrected chi connectivity index (χ2v) is 22.5. The Balaban J connectivity index is 1.48. The lowest BCUT2D eigenvalue weighted by Gasteiger charge is -2.48. The van der Waals surface area contributed by atoms with Crippen molar-refractivity contribution < 1.29 is 89.4 Å². The first-order valence-corrected chi connectivity index (χ1v) is 31.2. The molecule has 0 aromatic rings. The van der Waals surface area contributed by atoms with Gasteiger partial charge in [0.2, 0.25) is 5.91 Å². The molecule has 80 heavy (non-hydrogen) atoms. The van der Waals surface area contributed by atoms with Gasteiger partial charge in [-0.2, -0.15) is 0 Å². The van der Waals surface area contributed by atoms with Crippen molar-refractivity contribution in [3.63, 3.8) is 0 Å². The SMILES string of the molecule is CCCCC/C=C\CCCCCCCC(=O)NC(COC1OC(CO)C(OC2OC(CO)C(OC3OC(CO)C(O)C(O)C3O)C(O)C2O)C(O)C1O)C(O)/C=C/CC/C=C/CCCCCCCCCCCCCCCCCCC. The Morgan fingerprint density at radius 2 is 0.800 bits per heavy atom. The number of aliphatic hydroxyl groups excluding tert-OH is 11. The largest absolute Gasteiger partial charge is 0.394 e. The van der Waals surface area contributed by atoms with Crippen LogP contribution in [0.2, 0.25) is 0 Å². The number of hydrogen-bond donors (Lipinski definition) is 12. The number of amides is 1. The van der Waals surface area contributed by atoms with Crippen LogP contribution in [0.1, 0.15) is 213 Å². The van der Waals surface area contributed by atoms with Crippen LogP contribution in [-0.2, 0) is 33.2 Å². The molecule has 0 aromatic carbocycles. The van der Waals surface area contributed by atoms with Crippen molar-refractivity contribution >= 4 is 5.91 Å². The van der Waals surface area contributed by atoms with Crippen molar-refractivity contribution in [2.75, 3.05) is 26.4 Å². The number of hydrogen-bond acceptors (Lipinski definition) is 18. The Bertz CT molecular complexity index is 1600. The lowest BCUT2D eigenvalue weighted by atomic mass is 9.96. The molecule has 12 N–H and O–H groups in total. The monoisotopic (exact) mass is 1150 g/mol. The van der Waals surface area contributed by atoms with E-state index < -0.39 is 124 Å². The van der Waals surface area contributed by atoms with Gasteiger partial charge in [-0.25, -0.2) is 0 Å². The molecule has 19 heteroatoms. The number of unbranched alkanes of at least 4 members (excludes halogenated alkanes) is 26. The standard InChI is InChI=1S/C61H111NO18/c1-3-5-7-9-11-13-15-17-18-19-20-21-22-23-24-25-26-27-28-30-32-34-36-38-45(66)44(62-49(67)39-37-35-33-31-29-16-14-12-10-8-6-4-2)43-75-59-55(73)52(70)57(47(41-64)77-59)80-61-56(74)53(71)58(48(42-65)78-61)79-60-54(72)51(69)50(68)46(40-63)76-60/h12,14,28,30,36,38,44-48,50-61,63-66,68-74H,3-11,13,15-27,29,31-35,37,39-43H2,1-2H3,(H,62,67)/b14-12-,30-28+,38-36+. The fourth-order valence-electron chi connectivity index (χ4n) is 10.5. The fourth-order valence-corrected chi connectivity index (χ4v) is 10.5. The number of ether oxygens (including phenoxy) is 6. The van der Waals surface area contributed by atoms with Crippen LogP contribution in [0.5, 0.6) is 0 Å². The van der Waals surface area contributed by atoms with Crippen molar-refractivity contribution in [3.8, 4) is 0 Å². The molecule has 3 fully saturated rings. The van der Waals surface area contributed by atoms with Gasteiger partial charge in [0, 0.05) is 6.42 Å². The van der Waals surface area contributed by atoms with E-state index in [1.54, 1.807) is 6.08 Å². The van der Waals surface area contributed by atoms with Crippen LogP contribution in [-0.4, -0.2) is 193 Å². The topological polar surface area (TPSA) is 307 Å². The van der Waals surface area contributed by atoms with Crippen LogP contribution in [0.4, 0.5) is 0 Å². The van der Waals surface area contributed by atoms with E-state index in [0.29, 0.717) is 12.8 Å². The third-order valence-electron chi connectivity index (χ3n) is 15.7. The minimum atomic E-state index is -1.98. The predicted octanol–water partition coefficient (Wildman–Crippen LogP) is 6.10. The molecule has 3 heterocycles. The van der Waals surface area contributed by atoms with Gasteiger partial charge in [0.15, 0.2) is 18.9 Å². The van der Waals surface area contributed by atoms with Gasteiger partial charge in [-0.05, 0) is 57.8 Å². The predicted molar refractivity (Wildman–Crippen MR) is 305 cm³/mol. The molecule has 0 radical (unpaired) electrons. The molecule has 0 bridgehead atoms. The summed E-state index contributed by atoms with van der Waals surface area (Å²) in [5.74, 6) is -0.296. The average molecular weight is 1150 g/mol. The summed E-state index contributed by atoms with van der Waals surface area (Å²) < 4.78 is 34.2. The molecule has 17 atom stereocenters. The highest BCUT2D eigenvalue weighted by Gasteiger charge is 2.53. The maximum Gasteiger partial charge on any atom is 0.220 e. The smallest absolute Gasteiger partial charge is 0.220 e. The fraction of sp³-hybridized carbons (Fsp3) is 0.885. The normalized spacial score (nSPS) is 30.2.